The van der Waals surface area contributed by atoms with E-state index in [1.807, 2.05) is 12.1 Å². The number of amides is 1. The fourth-order valence-electron chi connectivity index (χ4n) is 2.75. The maximum Gasteiger partial charge on any atom is 0.259 e. The lowest BCUT2D eigenvalue weighted by molar-refractivity contribution is 0.102. The maximum absolute atomic E-state index is 12.2. The first kappa shape index (κ1) is 15.3. The van der Waals surface area contributed by atoms with Crippen molar-refractivity contribution in [3.05, 3.63) is 57.1 Å². The molecule has 0 saturated carbocycles. The molecule has 2 aromatic heterocycles. The standard InChI is InChI=1S/C17H12BrN3O2S/c1-23-12-5-4-11(18)10-7-13-15(14(10)12)20-17(24-13)21-16(22)9-3-2-6-19-8-9/h2-6,8H,7H2,1H3,(H,20,21,22). The third kappa shape index (κ3) is 2.50. The molecule has 3 aromatic rings. The molecular formula is C17H12BrN3O2S. The highest BCUT2D eigenvalue weighted by atomic mass is 79.9. The molecule has 1 aliphatic rings. The molecule has 0 atom stereocenters. The number of ether oxygens (including phenoxy) is 1. The second kappa shape index (κ2) is 5.99. The number of pyridine rings is 1. The van der Waals surface area contributed by atoms with Gasteiger partial charge in [-0.05, 0) is 29.8 Å². The predicted octanol–water partition coefficient (Wildman–Crippen LogP) is 4.13. The highest BCUT2D eigenvalue weighted by Gasteiger charge is 2.29. The summed E-state index contributed by atoms with van der Waals surface area (Å²) >= 11 is 5.08. The topological polar surface area (TPSA) is 64.1 Å². The lowest BCUT2D eigenvalue weighted by Crippen LogP contribution is -2.11. The molecule has 24 heavy (non-hydrogen) atoms. The molecule has 1 N–H and O–H groups in total. The molecule has 0 saturated heterocycles. The van der Waals surface area contributed by atoms with Crippen molar-refractivity contribution in [1.29, 1.82) is 0 Å². The largest absolute Gasteiger partial charge is 0.496 e. The van der Waals surface area contributed by atoms with Gasteiger partial charge in [-0.15, -0.1) is 11.3 Å². The van der Waals surface area contributed by atoms with E-state index in [0.717, 1.165) is 32.8 Å². The van der Waals surface area contributed by atoms with Crippen molar-refractivity contribution < 1.29 is 9.53 Å². The summed E-state index contributed by atoms with van der Waals surface area (Å²) < 4.78 is 6.52. The van der Waals surface area contributed by atoms with E-state index in [1.165, 1.54) is 23.1 Å². The van der Waals surface area contributed by atoms with Crippen LogP contribution in [0.25, 0.3) is 11.3 Å². The molecule has 0 radical (unpaired) electrons. The van der Waals surface area contributed by atoms with Crippen LogP contribution in [0.1, 0.15) is 20.8 Å². The first-order valence-corrected chi connectivity index (χ1v) is 8.85. The van der Waals surface area contributed by atoms with Gasteiger partial charge in [-0.2, -0.15) is 0 Å². The Balaban J connectivity index is 1.67. The lowest BCUT2D eigenvalue weighted by atomic mass is 10.1. The first-order valence-electron chi connectivity index (χ1n) is 7.24. The zero-order chi connectivity index (χ0) is 16.7. The summed E-state index contributed by atoms with van der Waals surface area (Å²) in [5.41, 5.74) is 3.57. The number of nitrogens with one attached hydrogen (secondary N) is 1. The zero-order valence-corrected chi connectivity index (χ0v) is 15.1. The second-order valence-electron chi connectivity index (χ2n) is 5.27. The van der Waals surface area contributed by atoms with Gasteiger partial charge in [-0.1, -0.05) is 15.9 Å². The Hall–Kier alpha value is -2.25. The van der Waals surface area contributed by atoms with Gasteiger partial charge in [0.1, 0.15) is 5.75 Å². The van der Waals surface area contributed by atoms with Gasteiger partial charge in [-0.25, -0.2) is 4.98 Å². The number of aromatic nitrogens is 2. The predicted molar refractivity (Wildman–Crippen MR) is 96.8 cm³/mol. The summed E-state index contributed by atoms with van der Waals surface area (Å²) in [5.74, 6) is 0.583. The summed E-state index contributed by atoms with van der Waals surface area (Å²) in [6, 6.07) is 7.36. The number of halogens is 1. The van der Waals surface area contributed by atoms with Crippen molar-refractivity contribution in [1.82, 2.24) is 9.97 Å². The number of fused-ring (bicyclic) bond motifs is 3. The number of anilines is 1. The molecule has 1 aliphatic carbocycles. The number of carbonyl (C=O) groups is 1. The van der Waals surface area contributed by atoms with Gasteiger partial charge >= 0.3 is 0 Å². The Morgan fingerprint density at radius 3 is 3.00 bits per heavy atom. The fourth-order valence-corrected chi connectivity index (χ4v) is 4.20. The van der Waals surface area contributed by atoms with Crippen LogP contribution >= 0.6 is 27.3 Å². The number of thiazole rings is 1. The van der Waals surface area contributed by atoms with Crippen LogP contribution in [-0.4, -0.2) is 23.0 Å². The van der Waals surface area contributed by atoms with E-state index in [1.54, 1.807) is 25.4 Å². The lowest BCUT2D eigenvalue weighted by Gasteiger charge is -2.08. The Morgan fingerprint density at radius 2 is 2.25 bits per heavy atom. The van der Waals surface area contributed by atoms with Gasteiger partial charge in [0.05, 0.1) is 18.4 Å². The molecule has 0 aliphatic heterocycles. The monoisotopic (exact) mass is 401 g/mol. The van der Waals surface area contributed by atoms with Crippen molar-refractivity contribution >= 4 is 38.3 Å². The fraction of sp³-hybridized carbons (Fsp3) is 0.118. The Morgan fingerprint density at radius 1 is 1.38 bits per heavy atom. The number of carbonyl (C=O) groups excluding carboxylic acids is 1. The minimum atomic E-state index is -0.211. The summed E-state index contributed by atoms with van der Waals surface area (Å²) in [6.07, 6.45) is 3.95. The number of hydrogen-bond donors (Lipinski definition) is 1. The molecule has 0 spiro atoms. The van der Waals surface area contributed by atoms with Crippen LogP contribution < -0.4 is 10.1 Å². The smallest absolute Gasteiger partial charge is 0.259 e. The van der Waals surface area contributed by atoms with Crippen molar-refractivity contribution in [3.63, 3.8) is 0 Å². The molecule has 0 fully saturated rings. The van der Waals surface area contributed by atoms with Crippen molar-refractivity contribution in [2.24, 2.45) is 0 Å². The molecular weight excluding hydrogens is 390 g/mol. The van der Waals surface area contributed by atoms with Crippen molar-refractivity contribution in [3.8, 4) is 17.0 Å². The van der Waals surface area contributed by atoms with Crippen LogP contribution in [0.2, 0.25) is 0 Å². The normalized spacial score (nSPS) is 11.8. The van der Waals surface area contributed by atoms with Crippen LogP contribution in [0.15, 0.2) is 41.1 Å². The average molecular weight is 402 g/mol. The number of rotatable bonds is 3. The minimum Gasteiger partial charge on any atom is -0.496 e. The molecule has 2 heterocycles. The minimum absolute atomic E-state index is 0.211. The molecule has 4 rings (SSSR count). The molecule has 120 valence electrons. The third-order valence-electron chi connectivity index (χ3n) is 3.85. The summed E-state index contributed by atoms with van der Waals surface area (Å²) in [6.45, 7) is 0. The summed E-state index contributed by atoms with van der Waals surface area (Å²) in [5, 5.41) is 3.43. The molecule has 1 aromatic carbocycles. The summed E-state index contributed by atoms with van der Waals surface area (Å²) in [4.78, 5) is 21.9. The average Bonchev–Trinajstić information content (AvgIpc) is 3.14. The van der Waals surface area contributed by atoms with E-state index in [9.17, 15) is 4.79 Å². The second-order valence-corrected chi connectivity index (χ2v) is 7.20. The quantitative estimate of drug-likeness (QED) is 0.560. The highest BCUT2D eigenvalue weighted by molar-refractivity contribution is 9.10. The Labute approximate surface area is 150 Å². The van der Waals surface area contributed by atoms with E-state index in [4.69, 9.17) is 4.74 Å². The van der Waals surface area contributed by atoms with E-state index in [0.29, 0.717) is 10.7 Å². The van der Waals surface area contributed by atoms with Gasteiger partial charge < -0.3 is 4.74 Å². The van der Waals surface area contributed by atoms with Crippen LogP contribution in [0.4, 0.5) is 5.13 Å². The molecule has 0 unspecified atom stereocenters. The van der Waals surface area contributed by atoms with E-state index in [-0.39, 0.29) is 5.91 Å². The first-order chi connectivity index (χ1) is 11.7. The maximum atomic E-state index is 12.2. The Bertz CT molecular complexity index is 941. The Kier molecular flexibility index (Phi) is 3.82. The van der Waals surface area contributed by atoms with E-state index < -0.39 is 0 Å². The van der Waals surface area contributed by atoms with Gasteiger partial charge in [-0.3, -0.25) is 15.1 Å². The van der Waals surface area contributed by atoms with Gasteiger partial charge in [0.25, 0.3) is 5.91 Å². The van der Waals surface area contributed by atoms with E-state index >= 15 is 0 Å². The molecule has 5 nitrogen and oxygen atoms in total. The van der Waals surface area contributed by atoms with Gasteiger partial charge in [0, 0.05) is 33.7 Å². The number of hydrogen-bond acceptors (Lipinski definition) is 5. The third-order valence-corrected chi connectivity index (χ3v) is 5.57. The van der Waals surface area contributed by atoms with Crippen molar-refractivity contribution in [2.45, 2.75) is 6.42 Å². The highest BCUT2D eigenvalue weighted by Crippen LogP contribution is 2.48. The molecule has 1 amide bonds. The zero-order valence-electron chi connectivity index (χ0n) is 12.7. The number of benzene rings is 1. The van der Waals surface area contributed by atoms with E-state index in [2.05, 4.69) is 31.2 Å². The van der Waals surface area contributed by atoms with Gasteiger partial charge in [0.2, 0.25) is 0 Å². The van der Waals surface area contributed by atoms with Crippen LogP contribution in [-0.2, 0) is 6.42 Å². The summed E-state index contributed by atoms with van der Waals surface area (Å²) in [7, 11) is 1.65. The van der Waals surface area contributed by atoms with Crippen LogP contribution in [0.3, 0.4) is 0 Å². The van der Waals surface area contributed by atoms with Crippen LogP contribution in [0.5, 0.6) is 5.75 Å². The number of methoxy groups -OCH3 is 1. The SMILES string of the molecule is COc1ccc(Br)c2c1-c1nc(NC(=O)c3cccnc3)sc1C2. The molecule has 0 bridgehead atoms. The van der Waals surface area contributed by atoms with Crippen molar-refractivity contribution in [2.75, 3.05) is 12.4 Å². The number of nitrogens with zero attached hydrogens (tertiary/aromatic N) is 2. The van der Waals surface area contributed by atoms with Crippen LogP contribution in [0, 0.1) is 0 Å². The van der Waals surface area contributed by atoms with Gasteiger partial charge in [0.15, 0.2) is 5.13 Å². The molecule has 7 heteroatoms.